The van der Waals surface area contributed by atoms with Gasteiger partial charge in [0.1, 0.15) is 17.6 Å². The Morgan fingerprint density at radius 3 is 2.71 bits per heavy atom. The van der Waals surface area contributed by atoms with Crippen LogP contribution in [0.4, 0.5) is 11.6 Å². The van der Waals surface area contributed by atoms with Gasteiger partial charge in [0, 0.05) is 12.1 Å². The van der Waals surface area contributed by atoms with Crippen LogP contribution in [0.5, 0.6) is 11.5 Å². The summed E-state index contributed by atoms with van der Waals surface area (Å²) < 4.78 is 11.3. The number of pyridine rings is 1. The summed E-state index contributed by atoms with van der Waals surface area (Å²) in [7, 11) is 1.56. The highest BCUT2D eigenvalue weighted by molar-refractivity contribution is 5.75. The minimum Gasteiger partial charge on any atom is -0.494 e. The van der Waals surface area contributed by atoms with Crippen molar-refractivity contribution in [3.05, 3.63) is 36.5 Å². The molecule has 10 nitrogen and oxygen atoms in total. The van der Waals surface area contributed by atoms with Crippen LogP contribution in [0.25, 0.3) is 11.3 Å². The molecule has 0 aliphatic rings. The molecule has 4 N–H and O–H groups in total. The fourth-order valence-electron chi connectivity index (χ4n) is 2.40. The smallest absolute Gasteiger partial charge is 0.158 e. The maximum absolute atomic E-state index is 8.79. The molecule has 28 heavy (non-hydrogen) atoms. The molecule has 1 unspecified atom stereocenters. The molecule has 144 valence electrons. The molecule has 0 radical (unpaired) electrons. The first-order valence-corrected chi connectivity index (χ1v) is 8.56. The zero-order valence-electron chi connectivity index (χ0n) is 15.5. The molecule has 3 rings (SSSR count). The van der Waals surface area contributed by atoms with E-state index in [1.165, 1.54) is 12.4 Å². The van der Waals surface area contributed by atoms with Crippen molar-refractivity contribution < 1.29 is 9.47 Å². The third kappa shape index (κ3) is 4.52. The first-order chi connectivity index (χ1) is 13.6. The number of rotatable bonds is 8. The summed E-state index contributed by atoms with van der Waals surface area (Å²) in [5, 5.41) is 19.0. The van der Waals surface area contributed by atoms with E-state index >= 15 is 0 Å². The van der Waals surface area contributed by atoms with Crippen LogP contribution in [0.3, 0.4) is 0 Å². The number of ether oxygens (including phenoxy) is 2. The summed E-state index contributed by atoms with van der Waals surface area (Å²) >= 11 is 0. The minimum absolute atomic E-state index is 0.0403. The van der Waals surface area contributed by atoms with E-state index in [0.717, 1.165) is 0 Å². The van der Waals surface area contributed by atoms with Crippen LogP contribution in [0.2, 0.25) is 0 Å². The number of methoxy groups -OCH3 is 1. The Morgan fingerprint density at radius 2 is 2.04 bits per heavy atom. The number of hydrogen-bond donors (Lipinski definition) is 3. The highest BCUT2D eigenvalue weighted by Gasteiger charge is 2.17. The van der Waals surface area contributed by atoms with E-state index in [2.05, 4.69) is 30.5 Å². The minimum atomic E-state index is 0.0403. The fourth-order valence-corrected chi connectivity index (χ4v) is 2.40. The average molecular weight is 380 g/mol. The molecule has 3 heterocycles. The molecule has 10 heteroatoms. The van der Waals surface area contributed by atoms with E-state index in [-0.39, 0.29) is 11.7 Å². The number of aromatic nitrogens is 5. The van der Waals surface area contributed by atoms with Crippen LogP contribution in [-0.2, 0) is 0 Å². The topological polar surface area (TPSA) is 148 Å². The van der Waals surface area contributed by atoms with Crippen molar-refractivity contribution in [2.75, 3.05) is 19.0 Å². The first kappa shape index (κ1) is 19.1. The molecule has 0 aromatic carbocycles. The molecule has 0 aliphatic carbocycles. The summed E-state index contributed by atoms with van der Waals surface area (Å²) in [6.07, 6.45) is 6.78. The van der Waals surface area contributed by atoms with Crippen molar-refractivity contribution in [3.63, 3.8) is 0 Å². The fraction of sp³-hybridized carbons (Fsp3) is 0.278. The first-order valence-electron chi connectivity index (χ1n) is 8.56. The van der Waals surface area contributed by atoms with Crippen LogP contribution in [0.1, 0.15) is 19.0 Å². The number of hydrogen-bond acceptors (Lipinski definition) is 9. The molecule has 0 aliphatic heterocycles. The average Bonchev–Trinajstić information content (AvgIpc) is 3.16. The lowest BCUT2D eigenvalue weighted by Crippen LogP contribution is -2.18. The van der Waals surface area contributed by atoms with Crippen molar-refractivity contribution in [2.45, 2.75) is 19.4 Å². The predicted octanol–water partition coefficient (Wildman–Crippen LogP) is 2.00. The van der Waals surface area contributed by atoms with Crippen LogP contribution in [0, 0.1) is 11.3 Å². The largest absolute Gasteiger partial charge is 0.494 e. The molecule has 1 atom stereocenters. The molecule has 0 fully saturated rings. The van der Waals surface area contributed by atoms with Gasteiger partial charge in [0.05, 0.1) is 49.8 Å². The molecule has 3 aromatic heterocycles. The number of H-pyrrole nitrogens is 1. The number of nitrogens with one attached hydrogen (secondary N) is 2. The number of aromatic amines is 1. The lowest BCUT2D eigenvalue weighted by Gasteiger charge is -2.13. The second kappa shape index (κ2) is 8.79. The molecule has 0 spiro atoms. The third-order valence-corrected chi connectivity index (χ3v) is 3.80. The normalized spacial score (nSPS) is 11.5. The van der Waals surface area contributed by atoms with Crippen LogP contribution in [0.15, 0.2) is 30.9 Å². The Morgan fingerprint density at radius 1 is 1.21 bits per heavy atom. The van der Waals surface area contributed by atoms with Gasteiger partial charge in [-0.05, 0) is 13.3 Å². The van der Waals surface area contributed by atoms with E-state index in [9.17, 15) is 0 Å². The lowest BCUT2D eigenvalue weighted by molar-refractivity contribution is 0.299. The standard InChI is InChI=1S/C18H20N8O2/c1-11(20)3-4-28-15-9-21-8-14(27-2)18(15)13-5-16(26-25-13)24-17-10-22-12(6-19)7-23-17/h5,7-11H,3-4,20H2,1-2H3,(H2,23,24,25,26). The van der Waals surface area contributed by atoms with Gasteiger partial charge < -0.3 is 20.5 Å². The molecule has 3 aromatic rings. The monoisotopic (exact) mass is 380 g/mol. The van der Waals surface area contributed by atoms with Gasteiger partial charge in [0.2, 0.25) is 0 Å². The second-order valence-electron chi connectivity index (χ2n) is 6.02. The van der Waals surface area contributed by atoms with Crippen molar-refractivity contribution in [1.29, 1.82) is 5.26 Å². The number of nitrogens with two attached hydrogens (primary N) is 1. The maximum atomic E-state index is 8.79. The van der Waals surface area contributed by atoms with Gasteiger partial charge in [-0.3, -0.25) is 10.1 Å². The van der Waals surface area contributed by atoms with Gasteiger partial charge in [-0.25, -0.2) is 9.97 Å². The lowest BCUT2D eigenvalue weighted by atomic mass is 10.1. The van der Waals surface area contributed by atoms with Crippen molar-refractivity contribution in [3.8, 4) is 28.8 Å². The van der Waals surface area contributed by atoms with Crippen molar-refractivity contribution in [1.82, 2.24) is 25.1 Å². The molecule has 0 bridgehead atoms. The number of nitriles is 1. The quantitative estimate of drug-likeness (QED) is 0.533. The maximum Gasteiger partial charge on any atom is 0.158 e. The van der Waals surface area contributed by atoms with Crippen molar-refractivity contribution >= 4 is 11.6 Å². The highest BCUT2D eigenvalue weighted by atomic mass is 16.5. The van der Waals surface area contributed by atoms with Gasteiger partial charge in [0.25, 0.3) is 0 Å². The summed E-state index contributed by atoms with van der Waals surface area (Å²) in [6, 6.07) is 3.75. The summed E-state index contributed by atoms with van der Waals surface area (Å²) in [5.41, 5.74) is 7.40. The molecular formula is C18H20N8O2. The zero-order chi connectivity index (χ0) is 19.9. The summed E-state index contributed by atoms with van der Waals surface area (Å²) in [5.74, 6) is 2.10. The van der Waals surface area contributed by atoms with Gasteiger partial charge in [-0.1, -0.05) is 0 Å². The Balaban J connectivity index is 1.83. The van der Waals surface area contributed by atoms with Gasteiger partial charge in [-0.15, -0.1) is 0 Å². The highest BCUT2D eigenvalue weighted by Crippen LogP contribution is 2.37. The SMILES string of the molecule is COc1cncc(OCCC(C)N)c1-c1cc(Nc2cnc(C#N)cn2)n[nH]1. The molecular weight excluding hydrogens is 360 g/mol. The van der Waals surface area contributed by atoms with Gasteiger partial charge >= 0.3 is 0 Å². The Hall–Kier alpha value is -3.71. The van der Waals surface area contributed by atoms with E-state index in [1.54, 1.807) is 25.6 Å². The molecule has 0 saturated heterocycles. The Kier molecular flexibility index (Phi) is 5.98. The van der Waals surface area contributed by atoms with Crippen molar-refractivity contribution in [2.24, 2.45) is 5.73 Å². The van der Waals surface area contributed by atoms with E-state index < -0.39 is 0 Å². The van der Waals surface area contributed by atoms with E-state index in [1.807, 2.05) is 13.0 Å². The number of nitrogens with zero attached hydrogens (tertiary/aromatic N) is 5. The summed E-state index contributed by atoms with van der Waals surface area (Å²) in [4.78, 5) is 12.2. The van der Waals surface area contributed by atoms with E-state index in [4.69, 9.17) is 20.5 Å². The predicted molar refractivity (Wildman–Crippen MR) is 102 cm³/mol. The molecule has 0 amide bonds. The third-order valence-electron chi connectivity index (χ3n) is 3.80. The summed E-state index contributed by atoms with van der Waals surface area (Å²) in [6.45, 7) is 2.38. The van der Waals surface area contributed by atoms with Crippen LogP contribution in [-0.4, -0.2) is 44.9 Å². The van der Waals surface area contributed by atoms with E-state index in [0.29, 0.717) is 47.4 Å². The zero-order valence-corrected chi connectivity index (χ0v) is 15.5. The molecule has 0 saturated carbocycles. The van der Waals surface area contributed by atoms with Gasteiger partial charge in [0.15, 0.2) is 17.3 Å². The Bertz CT molecular complexity index is 962. The number of anilines is 2. The van der Waals surface area contributed by atoms with Crippen LogP contribution >= 0.6 is 0 Å². The van der Waals surface area contributed by atoms with Crippen LogP contribution < -0.4 is 20.5 Å². The van der Waals surface area contributed by atoms with Gasteiger partial charge in [-0.2, -0.15) is 10.4 Å². The second-order valence-corrected chi connectivity index (χ2v) is 6.02. The Labute approximate surface area is 161 Å².